The number of carbonyl (C=O) groups excluding carboxylic acids is 1. The van der Waals surface area contributed by atoms with E-state index in [0.29, 0.717) is 12.5 Å². The van der Waals surface area contributed by atoms with Crippen LogP contribution in [0.5, 0.6) is 0 Å². The van der Waals surface area contributed by atoms with Crippen LogP contribution in [0.3, 0.4) is 0 Å². The zero-order valence-corrected chi connectivity index (χ0v) is 7.32. The molecule has 1 atom stereocenters. The molecule has 0 amide bonds. The number of aliphatic hydroxyl groups excluding tert-OH is 1. The van der Waals surface area contributed by atoms with Crippen molar-refractivity contribution in [1.82, 2.24) is 4.90 Å². The fraction of sp³-hybridized carbons (Fsp3) is 0.875. The Balaban J connectivity index is 2.23. The highest BCUT2D eigenvalue weighted by Crippen LogP contribution is 2.14. The van der Waals surface area contributed by atoms with E-state index in [0.717, 1.165) is 19.5 Å². The lowest BCUT2D eigenvalue weighted by Gasteiger charge is -2.12. The lowest BCUT2D eigenvalue weighted by atomic mass is 10.1. The first-order valence-corrected chi connectivity index (χ1v) is 4.16. The van der Waals surface area contributed by atoms with E-state index in [4.69, 9.17) is 5.11 Å². The third-order valence-electron chi connectivity index (χ3n) is 2.21. The third kappa shape index (κ3) is 2.46. The molecule has 0 aliphatic carbocycles. The first-order valence-electron chi connectivity index (χ1n) is 4.16. The standard InChI is InChI=1S/C8H15NO3/c1-12-8(11)5-9-3-2-7(4-9)6-10/h7,10H,2-6H2,1H3. The number of likely N-dealkylation sites (tertiary alicyclic amines) is 1. The minimum atomic E-state index is -0.200. The van der Waals surface area contributed by atoms with Gasteiger partial charge in [-0.25, -0.2) is 0 Å². The summed E-state index contributed by atoms with van der Waals surface area (Å²) in [6.45, 7) is 2.27. The minimum absolute atomic E-state index is 0.200. The normalized spacial score (nSPS) is 24.3. The molecule has 1 unspecified atom stereocenters. The maximum absolute atomic E-state index is 10.8. The molecule has 70 valence electrons. The van der Waals surface area contributed by atoms with E-state index < -0.39 is 0 Å². The van der Waals surface area contributed by atoms with Gasteiger partial charge in [0.25, 0.3) is 0 Å². The maximum Gasteiger partial charge on any atom is 0.319 e. The molecule has 0 saturated carbocycles. The molecule has 1 aliphatic rings. The van der Waals surface area contributed by atoms with Crippen LogP contribution < -0.4 is 0 Å². The Labute approximate surface area is 72.1 Å². The van der Waals surface area contributed by atoms with Crippen molar-refractivity contribution in [2.75, 3.05) is 33.4 Å². The summed E-state index contributed by atoms with van der Waals surface area (Å²) in [6, 6.07) is 0. The van der Waals surface area contributed by atoms with Crippen molar-refractivity contribution in [3.8, 4) is 0 Å². The molecule has 4 heteroatoms. The summed E-state index contributed by atoms with van der Waals surface area (Å²) < 4.78 is 4.54. The lowest BCUT2D eigenvalue weighted by molar-refractivity contribution is -0.141. The third-order valence-corrected chi connectivity index (χ3v) is 2.21. The smallest absolute Gasteiger partial charge is 0.319 e. The van der Waals surface area contributed by atoms with Gasteiger partial charge in [0.1, 0.15) is 0 Å². The van der Waals surface area contributed by atoms with Crippen LogP contribution in [0, 0.1) is 5.92 Å². The predicted octanol–water partition coefficient (Wildman–Crippen LogP) is -0.526. The van der Waals surface area contributed by atoms with Gasteiger partial charge in [-0.2, -0.15) is 0 Å². The SMILES string of the molecule is COC(=O)CN1CCC(CO)C1. The van der Waals surface area contributed by atoms with Crippen LogP contribution in [0.4, 0.5) is 0 Å². The molecule has 1 heterocycles. The predicted molar refractivity (Wildman–Crippen MR) is 43.6 cm³/mol. The molecule has 0 spiro atoms. The number of aliphatic hydroxyl groups is 1. The Kier molecular flexibility index (Phi) is 3.49. The zero-order chi connectivity index (χ0) is 8.97. The summed E-state index contributed by atoms with van der Waals surface area (Å²) in [5.74, 6) is 0.142. The molecule has 1 N–H and O–H groups in total. The Morgan fingerprint density at radius 1 is 1.75 bits per heavy atom. The van der Waals surface area contributed by atoms with E-state index in [1.54, 1.807) is 0 Å². The molecule has 1 saturated heterocycles. The summed E-state index contributed by atoms with van der Waals surface area (Å²) in [5.41, 5.74) is 0. The van der Waals surface area contributed by atoms with Crippen molar-refractivity contribution in [3.05, 3.63) is 0 Å². The van der Waals surface area contributed by atoms with Gasteiger partial charge < -0.3 is 9.84 Å². The fourth-order valence-corrected chi connectivity index (χ4v) is 1.45. The van der Waals surface area contributed by atoms with Gasteiger partial charge in [-0.05, 0) is 18.9 Å². The van der Waals surface area contributed by atoms with Crippen LogP contribution in [0.1, 0.15) is 6.42 Å². The van der Waals surface area contributed by atoms with Crippen molar-refractivity contribution >= 4 is 5.97 Å². The highest BCUT2D eigenvalue weighted by Gasteiger charge is 2.23. The van der Waals surface area contributed by atoms with Gasteiger partial charge >= 0.3 is 5.97 Å². The molecular weight excluding hydrogens is 158 g/mol. The van der Waals surface area contributed by atoms with E-state index in [9.17, 15) is 4.79 Å². The second-order valence-corrected chi connectivity index (χ2v) is 3.15. The number of nitrogens with zero attached hydrogens (tertiary/aromatic N) is 1. The van der Waals surface area contributed by atoms with Gasteiger partial charge in [-0.1, -0.05) is 0 Å². The van der Waals surface area contributed by atoms with Gasteiger partial charge in [0.05, 0.1) is 13.7 Å². The van der Waals surface area contributed by atoms with Gasteiger partial charge in [0.15, 0.2) is 0 Å². The van der Waals surface area contributed by atoms with Gasteiger partial charge in [-0.3, -0.25) is 9.69 Å². The van der Waals surface area contributed by atoms with Crippen LogP contribution in [-0.2, 0) is 9.53 Å². The molecule has 0 aromatic rings. The van der Waals surface area contributed by atoms with Gasteiger partial charge in [0.2, 0.25) is 0 Å². The molecule has 0 aromatic carbocycles. The fourth-order valence-electron chi connectivity index (χ4n) is 1.45. The quantitative estimate of drug-likeness (QED) is 0.583. The zero-order valence-electron chi connectivity index (χ0n) is 7.32. The molecule has 1 rings (SSSR count). The van der Waals surface area contributed by atoms with Crippen molar-refractivity contribution in [2.24, 2.45) is 5.92 Å². The van der Waals surface area contributed by atoms with Crippen LogP contribution in [-0.4, -0.2) is 49.3 Å². The average molecular weight is 173 g/mol. The number of carbonyl (C=O) groups is 1. The molecule has 0 bridgehead atoms. The average Bonchev–Trinajstić information content (AvgIpc) is 2.52. The van der Waals surface area contributed by atoms with Crippen LogP contribution in [0.15, 0.2) is 0 Å². The van der Waals surface area contributed by atoms with Crippen LogP contribution in [0.2, 0.25) is 0 Å². The van der Waals surface area contributed by atoms with Crippen molar-refractivity contribution < 1.29 is 14.6 Å². The summed E-state index contributed by atoms with van der Waals surface area (Å²) >= 11 is 0. The van der Waals surface area contributed by atoms with E-state index in [2.05, 4.69) is 4.74 Å². The van der Waals surface area contributed by atoms with Crippen molar-refractivity contribution in [1.29, 1.82) is 0 Å². The number of hydrogen-bond donors (Lipinski definition) is 1. The summed E-state index contributed by atoms with van der Waals surface area (Å²) in [5, 5.41) is 8.83. The molecular formula is C8H15NO3. The van der Waals surface area contributed by atoms with E-state index >= 15 is 0 Å². The molecule has 0 radical (unpaired) electrons. The highest BCUT2D eigenvalue weighted by atomic mass is 16.5. The highest BCUT2D eigenvalue weighted by molar-refractivity contribution is 5.71. The Hall–Kier alpha value is -0.610. The number of ether oxygens (including phenoxy) is 1. The molecule has 1 aliphatic heterocycles. The summed E-state index contributed by atoms with van der Waals surface area (Å²) in [6.07, 6.45) is 0.980. The monoisotopic (exact) mass is 173 g/mol. The summed E-state index contributed by atoms with van der Waals surface area (Å²) in [4.78, 5) is 12.8. The van der Waals surface area contributed by atoms with E-state index in [1.807, 2.05) is 4.90 Å². The van der Waals surface area contributed by atoms with Crippen molar-refractivity contribution in [3.63, 3.8) is 0 Å². The summed E-state index contributed by atoms with van der Waals surface area (Å²) in [7, 11) is 1.39. The molecule has 0 aromatic heterocycles. The van der Waals surface area contributed by atoms with E-state index in [1.165, 1.54) is 7.11 Å². The Bertz CT molecular complexity index is 160. The lowest BCUT2D eigenvalue weighted by Crippen LogP contribution is -2.28. The van der Waals surface area contributed by atoms with Gasteiger partial charge in [0, 0.05) is 13.2 Å². The molecule has 12 heavy (non-hydrogen) atoms. The van der Waals surface area contributed by atoms with Crippen LogP contribution >= 0.6 is 0 Å². The second-order valence-electron chi connectivity index (χ2n) is 3.15. The minimum Gasteiger partial charge on any atom is -0.468 e. The van der Waals surface area contributed by atoms with Gasteiger partial charge in [-0.15, -0.1) is 0 Å². The number of hydrogen-bond acceptors (Lipinski definition) is 4. The van der Waals surface area contributed by atoms with Crippen LogP contribution in [0.25, 0.3) is 0 Å². The molecule has 4 nitrogen and oxygen atoms in total. The first kappa shape index (κ1) is 9.48. The number of esters is 1. The molecule has 1 fully saturated rings. The number of rotatable bonds is 3. The number of methoxy groups -OCH3 is 1. The second kappa shape index (κ2) is 4.42. The first-order chi connectivity index (χ1) is 5.76. The maximum atomic E-state index is 10.8. The van der Waals surface area contributed by atoms with E-state index in [-0.39, 0.29) is 12.6 Å². The topological polar surface area (TPSA) is 49.8 Å². The Morgan fingerprint density at radius 2 is 2.50 bits per heavy atom. The largest absolute Gasteiger partial charge is 0.468 e. The Morgan fingerprint density at radius 3 is 3.00 bits per heavy atom. The van der Waals surface area contributed by atoms with Crippen molar-refractivity contribution in [2.45, 2.75) is 6.42 Å².